The fourth-order valence-corrected chi connectivity index (χ4v) is 2.34. The summed E-state index contributed by atoms with van der Waals surface area (Å²) in [5.74, 6) is 1.41. The molecule has 0 radical (unpaired) electrons. The van der Waals surface area contributed by atoms with Gasteiger partial charge in [-0.25, -0.2) is 4.98 Å². The Bertz CT molecular complexity index is 565. The van der Waals surface area contributed by atoms with E-state index in [0.717, 1.165) is 30.2 Å². The van der Waals surface area contributed by atoms with Gasteiger partial charge in [0.1, 0.15) is 11.9 Å². The Labute approximate surface area is 105 Å². The maximum absolute atomic E-state index is 9.54. The maximum Gasteiger partial charge on any atom is 0.221 e. The summed E-state index contributed by atoms with van der Waals surface area (Å²) >= 11 is 0. The second-order valence-electron chi connectivity index (χ2n) is 4.83. The minimum absolute atomic E-state index is 0.207. The summed E-state index contributed by atoms with van der Waals surface area (Å²) < 4.78 is 5.87. The van der Waals surface area contributed by atoms with Crippen molar-refractivity contribution in [1.29, 1.82) is 0 Å². The van der Waals surface area contributed by atoms with Crippen molar-refractivity contribution in [2.24, 2.45) is 11.7 Å². The molecule has 4 nitrogen and oxygen atoms in total. The first kappa shape index (κ1) is 11.3. The van der Waals surface area contributed by atoms with Crippen molar-refractivity contribution in [2.75, 3.05) is 6.54 Å². The molecule has 1 saturated carbocycles. The lowest BCUT2D eigenvalue weighted by Gasteiger charge is -2.34. The first-order valence-corrected chi connectivity index (χ1v) is 6.20. The molecule has 1 fully saturated rings. The minimum Gasteiger partial charge on any atom is -0.508 e. The van der Waals surface area contributed by atoms with Crippen molar-refractivity contribution >= 4 is 10.8 Å². The number of ether oxygens (including phenoxy) is 1. The molecule has 0 unspecified atom stereocenters. The molecular weight excluding hydrogens is 228 g/mol. The lowest BCUT2D eigenvalue weighted by molar-refractivity contribution is 0.0664. The van der Waals surface area contributed by atoms with Crippen LogP contribution in [0.4, 0.5) is 0 Å². The van der Waals surface area contributed by atoms with Crippen molar-refractivity contribution in [2.45, 2.75) is 18.9 Å². The van der Waals surface area contributed by atoms with Crippen molar-refractivity contribution in [3.63, 3.8) is 0 Å². The Kier molecular flexibility index (Phi) is 2.80. The molecule has 3 rings (SSSR count). The van der Waals surface area contributed by atoms with E-state index in [1.54, 1.807) is 18.3 Å². The van der Waals surface area contributed by atoms with Gasteiger partial charge in [0.15, 0.2) is 0 Å². The van der Waals surface area contributed by atoms with Crippen LogP contribution >= 0.6 is 0 Å². The van der Waals surface area contributed by atoms with Crippen LogP contribution in [0.3, 0.4) is 0 Å². The third kappa shape index (κ3) is 1.99. The van der Waals surface area contributed by atoms with Gasteiger partial charge in [-0.15, -0.1) is 0 Å². The second kappa shape index (κ2) is 4.46. The lowest BCUT2D eigenvalue weighted by Crippen LogP contribution is -2.37. The van der Waals surface area contributed by atoms with Gasteiger partial charge in [0, 0.05) is 11.6 Å². The molecule has 18 heavy (non-hydrogen) atoms. The monoisotopic (exact) mass is 244 g/mol. The lowest BCUT2D eigenvalue weighted by atomic mass is 9.82. The number of pyridine rings is 1. The first-order chi connectivity index (χ1) is 8.76. The standard InChI is InChI=1S/C14H16N2O2/c15-8-9-5-12(6-9)18-14-13-7-11(17)2-1-10(13)3-4-16-14/h1-4,7,9,12,17H,5-6,8,15H2. The van der Waals surface area contributed by atoms with Gasteiger partial charge >= 0.3 is 0 Å². The molecule has 2 aromatic rings. The predicted octanol–water partition coefficient (Wildman–Crippen LogP) is 2.06. The number of benzene rings is 1. The van der Waals surface area contributed by atoms with E-state index >= 15 is 0 Å². The molecule has 0 aliphatic heterocycles. The number of fused-ring (bicyclic) bond motifs is 1. The number of aromatic hydroxyl groups is 1. The SMILES string of the molecule is NCC1CC(Oc2nccc3ccc(O)cc23)C1. The molecule has 94 valence electrons. The topological polar surface area (TPSA) is 68.4 Å². The maximum atomic E-state index is 9.54. The third-order valence-electron chi connectivity index (χ3n) is 3.52. The Morgan fingerprint density at radius 3 is 2.94 bits per heavy atom. The Morgan fingerprint density at radius 2 is 2.17 bits per heavy atom. The third-order valence-corrected chi connectivity index (χ3v) is 3.52. The summed E-state index contributed by atoms with van der Waals surface area (Å²) in [4.78, 5) is 4.26. The number of nitrogens with two attached hydrogens (primary N) is 1. The van der Waals surface area contributed by atoms with Gasteiger partial charge in [0.2, 0.25) is 5.88 Å². The van der Waals surface area contributed by atoms with E-state index in [1.807, 2.05) is 12.1 Å². The highest BCUT2D eigenvalue weighted by atomic mass is 16.5. The van der Waals surface area contributed by atoms with E-state index < -0.39 is 0 Å². The molecule has 0 bridgehead atoms. The van der Waals surface area contributed by atoms with Gasteiger partial charge in [-0.05, 0) is 48.9 Å². The van der Waals surface area contributed by atoms with Crippen LogP contribution in [0.1, 0.15) is 12.8 Å². The summed E-state index contributed by atoms with van der Waals surface area (Å²) in [6, 6.07) is 7.13. The highest BCUT2D eigenvalue weighted by Crippen LogP contribution is 2.33. The molecular formula is C14H16N2O2. The molecule has 1 aromatic carbocycles. The fraction of sp³-hybridized carbons (Fsp3) is 0.357. The second-order valence-corrected chi connectivity index (χ2v) is 4.83. The van der Waals surface area contributed by atoms with E-state index in [-0.39, 0.29) is 11.9 Å². The average molecular weight is 244 g/mol. The fourth-order valence-electron chi connectivity index (χ4n) is 2.34. The Morgan fingerprint density at radius 1 is 1.33 bits per heavy atom. The number of rotatable bonds is 3. The quantitative estimate of drug-likeness (QED) is 0.867. The summed E-state index contributed by atoms with van der Waals surface area (Å²) in [7, 11) is 0. The van der Waals surface area contributed by atoms with E-state index in [4.69, 9.17) is 10.5 Å². The van der Waals surface area contributed by atoms with Crippen LogP contribution in [0.25, 0.3) is 10.8 Å². The number of aromatic nitrogens is 1. The van der Waals surface area contributed by atoms with Crippen LogP contribution in [0.2, 0.25) is 0 Å². The molecule has 4 heteroatoms. The zero-order chi connectivity index (χ0) is 12.5. The van der Waals surface area contributed by atoms with Crippen molar-refractivity contribution in [3.05, 3.63) is 30.5 Å². The van der Waals surface area contributed by atoms with E-state index in [9.17, 15) is 5.11 Å². The molecule has 1 aliphatic rings. The molecule has 0 atom stereocenters. The molecule has 3 N–H and O–H groups in total. The predicted molar refractivity (Wildman–Crippen MR) is 69.6 cm³/mol. The molecule has 0 spiro atoms. The molecule has 1 heterocycles. The van der Waals surface area contributed by atoms with Gasteiger partial charge in [0.05, 0.1) is 0 Å². The van der Waals surface area contributed by atoms with Crippen LogP contribution in [-0.4, -0.2) is 22.7 Å². The highest BCUT2D eigenvalue weighted by molar-refractivity contribution is 5.87. The van der Waals surface area contributed by atoms with Gasteiger partial charge < -0.3 is 15.6 Å². The minimum atomic E-state index is 0.207. The summed E-state index contributed by atoms with van der Waals surface area (Å²) in [5.41, 5.74) is 5.60. The van der Waals surface area contributed by atoms with Gasteiger partial charge in [-0.3, -0.25) is 0 Å². The van der Waals surface area contributed by atoms with Gasteiger partial charge in [-0.2, -0.15) is 0 Å². The van der Waals surface area contributed by atoms with Crippen LogP contribution in [0.5, 0.6) is 11.6 Å². The zero-order valence-corrected chi connectivity index (χ0v) is 10.0. The Hall–Kier alpha value is -1.81. The number of phenolic OH excluding ortho intramolecular Hbond substituents is 1. The van der Waals surface area contributed by atoms with Crippen LogP contribution in [0.15, 0.2) is 30.5 Å². The first-order valence-electron chi connectivity index (χ1n) is 6.20. The summed E-state index contributed by atoms with van der Waals surface area (Å²) in [6.07, 6.45) is 3.92. The Balaban J connectivity index is 1.85. The molecule has 1 aliphatic carbocycles. The largest absolute Gasteiger partial charge is 0.508 e. The summed E-state index contributed by atoms with van der Waals surface area (Å²) in [6.45, 7) is 0.726. The smallest absolute Gasteiger partial charge is 0.221 e. The molecule has 1 aromatic heterocycles. The normalized spacial score (nSPS) is 22.7. The number of hydrogen-bond acceptors (Lipinski definition) is 4. The van der Waals surface area contributed by atoms with Gasteiger partial charge in [-0.1, -0.05) is 6.07 Å². The summed E-state index contributed by atoms with van der Waals surface area (Å²) in [5, 5.41) is 11.4. The van der Waals surface area contributed by atoms with E-state index in [1.165, 1.54) is 0 Å². The zero-order valence-electron chi connectivity index (χ0n) is 10.0. The van der Waals surface area contributed by atoms with Crippen LogP contribution in [0, 0.1) is 5.92 Å². The number of phenols is 1. The van der Waals surface area contributed by atoms with E-state index in [0.29, 0.717) is 11.8 Å². The van der Waals surface area contributed by atoms with Crippen molar-refractivity contribution < 1.29 is 9.84 Å². The van der Waals surface area contributed by atoms with Gasteiger partial charge in [0.25, 0.3) is 0 Å². The van der Waals surface area contributed by atoms with Crippen molar-refractivity contribution in [1.82, 2.24) is 4.98 Å². The van der Waals surface area contributed by atoms with Crippen LogP contribution in [-0.2, 0) is 0 Å². The van der Waals surface area contributed by atoms with Crippen LogP contribution < -0.4 is 10.5 Å². The van der Waals surface area contributed by atoms with E-state index in [2.05, 4.69) is 4.98 Å². The van der Waals surface area contributed by atoms with Crippen molar-refractivity contribution in [3.8, 4) is 11.6 Å². The molecule has 0 amide bonds. The number of hydrogen-bond donors (Lipinski definition) is 2. The average Bonchev–Trinajstić information content (AvgIpc) is 2.33. The molecule has 0 saturated heterocycles. The highest BCUT2D eigenvalue weighted by Gasteiger charge is 2.30. The number of nitrogens with zero attached hydrogens (tertiary/aromatic N) is 1.